The lowest BCUT2D eigenvalue weighted by Gasteiger charge is -2.35. The molecule has 1 aliphatic carbocycles. The van der Waals surface area contributed by atoms with Gasteiger partial charge < -0.3 is 14.9 Å². The minimum Gasteiger partial charge on any atom is -0.508 e. The van der Waals surface area contributed by atoms with Crippen LogP contribution >= 0.6 is 0 Å². The number of aromatic hydroxyl groups is 2. The number of para-hydroxylation sites is 1. The van der Waals surface area contributed by atoms with Crippen LogP contribution in [-0.2, 0) is 6.42 Å². The topological polar surface area (TPSA) is 52.9 Å². The largest absolute Gasteiger partial charge is 0.508 e. The van der Waals surface area contributed by atoms with Crippen molar-refractivity contribution in [1.82, 2.24) is 4.90 Å². The lowest BCUT2D eigenvalue weighted by molar-refractivity contribution is 0.183. The van der Waals surface area contributed by atoms with Crippen LogP contribution in [-0.4, -0.2) is 41.4 Å². The van der Waals surface area contributed by atoms with Gasteiger partial charge in [-0.3, -0.25) is 4.90 Å². The molecule has 172 valence electrons. The number of nitrogens with zero attached hydrogens (tertiary/aromatic N) is 1. The van der Waals surface area contributed by atoms with Gasteiger partial charge >= 0.3 is 0 Å². The molecule has 1 fully saturated rings. The summed E-state index contributed by atoms with van der Waals surface area (Å²) in [6, 6.07) is 21.9. The van der Waals surface area contributed by atoms with Crippen molar-refractivity contribution in [3.63, 3.8) is 0 Å². The number of hydrogen-bond acceptors (Lipinski definition) is 4. The van der Waals surface area contributed by atoms with Crippen molar-refractivity contribution in [3.05, 3.63) is 89.0 Å². The number of fused-ring (bicyclic) bond motifs is 1. The van der Waals surface area contributed by atoms with Crippen molar-refractivity contribution in [3.8, 4) is 17.2 Å². The van der Waals surface area contributed by atoms with Crippen LogP contribution in [0.25, 0.3) is 0 Å². The zero-order valence-electron chi connectivity index (χ0n) is 19.1. The average molecular weight is 444 g/mol. The molecule has 4 nitrogen and oxygen atoms in total. The van der Waals surface area contributed by atoms with Crippen molar-refractivity contribution >= 4 is 0 Å². The first-order chi connectivity index (χ1) is 16.2. The lowest BCUT2D eigenvalue weighted by Crippen LogP contribution is -2.33. The highest BCUT2D eigenvalue weighted by Gasteiger charge is 2.33. The van der Waals surface area contributed by atoms with Gasteiger partial charge in [-0.15, -0.1) is 0 Å². The molecule has 4 heteroatoms. The molecule has 0 radical (unpaired) electrons. The van der Waals surface area contributed by atoms with E-state index in [-0.39, 0.29) is 11.8 Å². The summed E-state index contributed by atoms with van der Waals surface area (Å²) in [6.45, 7) is 4.07. The van der Waals surface area contributed by atoms with Crippen LogP contribution in [0.15, 0.2) is 66.7 Å². The van der Waals surface area contributed by atoms with E-state index in [4.69, 9.17) is 4.74 Å². The molecule has 0 unspecified atom stereocenters. The Morgan fingerprint density at radius 3 is 2.42 bits per heavy atom. The molecule has 0 aromatic heterocycles. The van der Waals surface area contributed by atoms with Crippen molar-refractivity contribution in [2.45, 2.75) is 43.9 Å². The van der Waals surface area contributed by atoms with E-state index in [0.717, 1.165) is 30.7 Å². The highest BCUT2D eigenvalue weighted by molar-refractivity contribution is 5.50. The van der Waals surface area contributed by atoms with Gasteiger partial charge in [0.05, 0.1) is 0 Å². The summed E-state index contributed by atoms with van der Waals surface area (Å²) in [4.78, 5) is 2.49. The van der Waals surface area contributed by atoms with E-state index in [0.29, 0.717) is 18.1 Å². The first-order valence-corrected chi connectivity index (χ1v) is 12.2. The Labute approximate surface area is 196 Å². The van der Waals surface area contributed by atoms with Crippen molar-refractivity contribution in [1.29, 1.82) is 0 Å². The molecule has 2 atom stereocenters. The summed E-state index contributed by atoms with van der Waals surface area (Å²) in [5, 5.41) is 20.6. The Morgan fingerprint density at radius 1 is 0.848 bits per heavy atom. The van der Waals surface area contributed by atoms with E-state index in [1.54, 1.807) is 12.1 Å². The monoisotopic (exact) mass is 443 g/mol. The summed E-state index contributed by atoms with van der Waals surface area (Å²) in [6.07, 6.45) is 5.76. The lowest BCUT2D eigenvalue weighted by atomic mass is 9.69. The second kappa shape index (κ2) is 9.88. The second-order valence-corrected chi connectivity index (χ2v) is 9.38. The first kappa shape index (κ1) is 21.8. The van der Waals surface area contributed by atoms with Gasteiger partial charge in [-0.25, -0.2) is 0 Å². The van der Waals surface area contributed by atoms with Crippen LogP contribution in [0.3, 0.4) is 0 Å². The molecule has 0 bridgehead atoms. The number of aryl methyl sites for hydroxylation is 1. The van der Waals surface area contributed by atoms with Crippen LogP contribution in [0.4, 0.5) is 0 Å². The molecule has 1 heterocycles. The Morgan fingerprint density at radius 2 is 1.64 bits per heavy atom. The highest BCUT2D eigenvalue weighted by Crippen LogP contribution is 2.48. The molecule has 1 aliphatic heterocycles. The summed E-state index contributed by atoms with van der Waals surface area (Å²) in [7, 11) is 0. The van der Waals surface area contributed by atoms with E-state index >= 15 is 0 Å². The van der Waals surface area contributed by atoms with E-state index in [1.165, 1.54) is 49.0 Å². The fraction of sp³-hybridized carbons (Fsp3) is 0.379. The molecule has 3 aromatic rings. The molecular weight excluding hydrogens is 410 g/mol. The summed E-state index contributed by atoms with van der Waals surface area (Å²) in [5.74, 6) is 1.86. The van der Waals surface area contributed by atoms with Gasteiger partial charge in [-0.2, -0.15) is 0 Å². The van der Waals surface area contributed by atoms with E-state index in [1.807, 2.05) is 30.3 Å². The third-order valence-electron chi connectivity index (χ3n) is 7.29. The maximum atomic E-state index is 10.6. The summed E-state index contributed by atoms with van der Waals surface area (Å²) >= 11 is 0. The van der Waals surface area contributed by atoms with Crippen LogP contribution < -0.4 is 4.74 Å². The van der Waals surface area contributed by atoms with E-state index in [2.05, 4.69) is 29.2 Å². The van der Waals surface area contributed by atoms with Gasteiger partial charge in [-0.1, -0.05) is 42.8 Å². The van der Waals surface area contributed by atoms with E-state index in [9.17, 15) is 10.2 Å². The van der Waals surface area contributed by atoms with Gasteiger partial charge in [-0.05, 0) is 97.3 Å². The summed E-state index contributed by atoms with van der Waals surface area (Å²) in [5.41, 5.74) is 4.61. The average Bonchev–Trinajstić information content (AvgIpc) is 2.85. The predicted octanol–water partition coefficient (Wildman–Crippen LogP) is 5.82. The number of likely N-dealkylation sites (tertiary alicyclic amines) is 1. The number of benzene rings is 3. The quantitative estimate of drug-likeness (QED) is 0.504. The van der Waals surface area contributed by atoms with Crippen LogP contribution in [0.1, 0.15) is 59.8 Å². The molecule has 0 saturated carbocycles. The van der Waals surface area contributed by atoms with Gasteiger partial charge in [0.2, 0.25) is 0 Å². The molecular formula is C29H33NO3. The number of rotatable bonds is 6. The minimum absolute atomic E-state index is 0.116. The Bertz CT molecular complexity index is 1070. The second-order valence-electron chi connectivity index (χ2n) is 9.38. The van der Waals surface area contributed by atoms with Gasteiger partial charge in [0.15, 0.2) is 0 Å². The van der Waals surface area contributed by atoms with Gasteiger partial charge in [0, 0.05) is 12.5 Å². The van der Waals surface area contributed by atoms with E-state index < -0.39 is 0 Å². The van der Waals surface area contributed by atoms with Gasteiger partial charge in [0.25, 0.3) is 0 Å². The normalized spacial score (nSPS) is 20.8. The molecule has 2 N–H and O–H groups in total. The maximum Gasteiger partial charge on any atom is 0.119 e. The van der Waals surface area contributed by atoms with Crippen molar-refractivity contribution in [2.75, 3.05) is 26.2 Å². The Balaban J connectivity index is 1.38. The first-order valence-electron chi connectivity index (χ1n) is 12.2. The smallest absolute Gasteiger partial charge is 0.119 e. The molecule has 33 heavy (non-hydrogen) atoms. The molecule has 1 saturated heterocycles. The van der Waals surface area contributed by atoms with Gasteiger partial charge in [0.1, 0.15) is 23.9 Å². The molecule has 0 spiro atoms. The standard InChI is InChI=1S/C29H33NO3/c31-23-11-15-25-22(20-23)10-14-27(26-6-2-3-7-28(26)32)29(25)21-8-12-24(13-9-21)33-19-18-30-16-4-1-5-17-30/h2-3,6-9,11-13,15,20,27,29,31-32H,1,4-5,10,14,16-19H2/t27-,29-/m1/s1. The fourth-order valence-electron chi connectivity index (χ4n) is 5.60. The molecule has 0 amide bonds. The zero-order valence-corrected chi connectivity index (χ0v) is 19.1. The number of ether oxygens (including phenoxy) is 1. The zero-order chi connectivity index (χ0) is 22.6. The molecule has 2 aliphatic rings. The predicted molar refractivity (Wildman–Crippen MR) is 131 cm³/mol. The number of phenolic OH excluding ortho intramolecular Hbond substituents is 2. The Hall–Kier alpha value is -2.98. The van der Waals surface area contributed by atoms with Crippen LogP contribution in [0.5, 0.6) is 17.2 Å². The number of phenols is 2. The maximum absolute atomic E-state index is 10.6. The highest BCUT2D eigenvalue weighted by atomic mass is 16.5. The molecule has 3 aromatic carbocycles. The number of piperidine rings is 1. The van der Waals surface area contributed by atoms with Crippen molar-refractivity contribution in [2.24, 2.45) is 0 Å². The third kappa shape index (κ3) is 4.86. The Kier molecular flexibility index (Phi) is 6.54. The molecule has 5 rings (SSSR count). The van der Waals surface area contributed by atoms with Crippen molar-refractivity contribution < 1.29 is 14.9 Å². The third-order valence-corrected chi connectivity index (χ3v) is 7.29. The number of hydrogen-bond donors (Lipinski definition) is 2. The fourth-order valence-corrected chi connectivity index (χ4v) is 5.60. The minimum atomic E-state index is 0.116. The van der Waals surface area contributed by atoms with Crippen LogP contribution in [0.2, 0.25) is 0 Å². The summed E-state index contributed by atoms with van der Waals surface area (Å²) < 4.78 is 6.05. The SMILES string of the molecule is Oc1ccc2c(c1)CC[C@H](c1ccccc1O)[C@@H]2c1ccc(OCCN2CCCCC2)cc1. The van der Waals surface area contributed by atoms with Crippen LogP contribution in [0, 0.1) is 0 Å².